The van der Waals surface area contributed by atoms with Gasteiger partial charge < -0.3 is 5.11 Å². The van der Waals surface area contributed by atoms with Crippen LogP contribution < -0.4 is 0 Å². The summed E-state index contributed by atoms with van der Waals surface area (Å²) in [7, 11) is -1.29. The lowest BCUT2D eigenvalue weighted by Gasteiger charge is -2.05. The van der Waals surface area contributed by atoms with Gasteiger partial charge in [0.15, 0.2) is 11.0 Å². The molecule has 1 atom stereocenters. The molecule has 0 aliphatic carbocycles. The second-order valence-corrected chi connectivity index (χ2v) is 5.31. The lowest BCUT2D eigenvalue weighted by molar-refractivity contribution is 0.476. The number of aromatic hydroxyl groups is 1. The molecule has 0 bridgehead atoms. The Morgan fingerprint density at radius 2 is 1.78 bits per heavy atom. The Kier molecular flexibility index (Phi) is 2.64. The van der Waals surface area contributed by atoms with E-state index in [1.54, 1.807) is 22.3 Å². The topological polar surface area (TPSA) is 42.2 Å². The summed E-state index contributed by atoms with van der Waals surface area (Å²) < 4.78 is 14.1. The van der Waals surface area contributed by atoms with Crippen LogP contribution in [0.2, 0.25) is 0 Å². The van der Waals surface area contributed by atoms with Crippen LogP contribution in [0.15, 0.2) is 65.7 Å². The molecule has 3 rings (SSSR count). The lowest BCUT2D eigenvalue weighted by atomic mass is 10.2. The van der Waals surface area contributed by atoms with Crippen molar-refractivity contribution in [3.8, 4) is 5.75 Å². The Labute approximate surface area is 107 Å². The minimum Gasteiger partial charge on any atom is -0.508 e. The van der Waals surface area contributed by atoms with Crippen LogP contribution >= 0.6 is 0 Å². The van der Waals surface area contributed by atoms with Gasteiger partial charge in [0.2, 0.25) is 0 Å². The maximum Gasteiger partial charge on any atom is 0.157 e. The summed E-state index contributed by atoms with van der Waals surface area (Å²) >= 11 is 0. The molecule has 0 saturated carbocycles. The third-order valence-electron chi connectivity index (χ3n) is 2.76. The number of nitrogens with zero attached hydrogens (tertiary/aromatic N) is 1. The Balaban J connectivity index is 2.15. The van der Waals surface area contributed by atoms with Gasteiger partial charge in [-0.3, -0.25) is 3.97 Å². The van der Waals surface area contributed by atoms with E-state index in [0.29, 0.717) is 0 Å². The monoisotopic (exact) mass is 257 g/mol. The minimum absolute atomic E-state index is 0.174. The van der Waals surface area contributed by atoms with Gasteiger partial charge >= 0.3 is 0 Å². The van der Waals surface area contributed by atoms with Gasteiger partial charge in [0.1, 0.15) is 5.75 Å². The summed E-state index contributed by atoms with van der Waals surface area (Å²) in [5.41, 5.74) is 0.761. The quantitative estimate of drug-likeness (QED) is 0.767. The van der Waals surface area contributed by atoms with Crippen LogP contribution in [0.4, 0.5) is 0 Å². The van der Waals surface area contributed by atoms with Gasteiger partial charge in [-0.15, -0.1) is 0 Å². The maximum atomic E-state index is 12.4. The van der Waals surface area contributed by atoms with Crippen LogP contribution in [0.5, 0.6) is 5.75 Å². The van der Waals surface area contributed by atoms with E-state index >= 15 is 0 Å². The van der Waals surface area contributed by atoms with E-state index in [-0.39, 0.29) is 5.75 Å². The van der Waals surface area contributed by atoms with Crippen molar-refractivity contribution in [2.75, 3.05) is 0 Å². The first kappa shape index (κ1) is 11.0. The van der Waals surface area contributed by atoms with Gasteiger partial charge in [-0.2, -0.15) is 0 Å². The van der Waals surface area contributed by atoms with Crippen molar-refractivity contribution in [1.82, 2.24) is 3.97 Å². The zero-order valence-corrected chi connectivity index (χ0v) is 10.3. The van der Waals surface area contributed by atoms with E-state index < -0.39 is 11.0 Å². The van der Waals surface area contributed by atoms with E-state index in [9.17, 15) is 9.32 Å². The largest absolute Gasteiger partial charge is 0.508 e. The van der Waals surface area contributed by atoms with Crippen molar-refractivity contribution in [2.45, 2.75) is 4.90 Å². The molecule has 0 saturated heterocycles. The number of fused-ring (bicyclic) bond motifs is 1. The number of phenols is 1. The third-order valence-corrected chi connectivity index (χ3v) is 4.12. The molecule has 4 heteroatoms. The smallest absolute Gasteiger partial charge is 0.157 e. The number of hydrogen-bond donors (Lipinski definition) is 1. The molecule has 1 heterocycles. The molecule has 1 N–H and O–H groups in total. The van der Waals surface area contributed by atoms with Crippen molar-refractivity contribution in [1.29, 1.82) is 0 Å². The molecule has 0 aliphatic rings. The first-order chi connectivity index (χ1) is 8.75. The highest BCUT2D eigenvalue weighted by Gasteiger charge is 2.09. The minimum atomic E-state index is -1.29. The summed E-state index contributed by atoms with van der Waals surface area (Å²) in [6, 6.07) is 16.2. The molecule has 18 heavy (non-hydrogen) atoms. The SMILES string of the molecule is O=S(c1ccccc1)n1ccc2ccc(O)cc21. The second-order valence-electron chi connectivity index (χ2n) is 3.95. The fourth-order valence-electron chi connectivity index (χ4n) is 1.89. The molecule has 0 aliphatic heterocycles. The highest BCUT2D eigenvalue weighted by atomic mass is 32.2. The van der Waals surface area contributed by atoms with Gasteiger partial charge in [0.05, 0.1) is 10.4 Å². The van der Waals surface area contributed by atoms with E-state index in [4.69, 9.17) is 0 Å². The molecule has 3 aromatic rings. The number of aromatic nitrogens is 1. The number of benzene rings is 2. The number of hydrogen-bond acceptors (Lipinski definition) is 2. The number of phenolic OH excluding ortho intramolecular Hbond substituents is 1. The van der Waals surface area contributed by atoms with Crippen molar-refractivity contribution >= 4 is 21.9 Å². The van der Waals surface area contributed by atoms with Crippen LogP contribution in [0.25, 0.3) is 10.9 Å². The van der Waals surface area contributed by atoms with Crippen LogP contribution in [-0.4, -0.2) is 13.3 Å². The summed E-state index contributed by atoms with van der Waals surface area (Å²) in [6.45, 7) is 0. The Morgan fingerprint density at radius 1 is 1.00 bits per heavy atom. The molecule has 0 spiro atoms. The normalized spacial score (nSPS) is 12.7. The summed E-state index contributed by atoms with van der Waals surface area (Å²) in [5, 5.41) is 10.5. The highest BCUT2D eigenvalue weighted by molar-refractivity contribution is 7.83. The molecule has 1 unspecified atom stereocenters. The van der Waals surface area contributed by atoms with Crippen LogP contribution in [0.1, 0.15) is 0 Å². The lowest BCUT2D eigenvalue weighted by Crippen LogP contribution is -2.02. The standard InChI is InChI=1S/C14H11NO2S/c16-12-7-6-11-8-9-15(14(11)10-12)18(17)13-4-2-1-3-5-13/h1-10,16H. The Morgan fingerprint density at radius 3 is 2.56 bits per heavy atom. The summed E-state index contributed by atoms with van der Waals surface area (Å²) in [5.74, 6) is 0.174. The van der Waals surface area contributed by atoms with Gasteiger partial charge in [0, 0.05) is 17.6 Å². The Bertz CT molecular complexity index is 719. The molecule has 0 radical (unpaired) electrons. The molecule has 1 aromatic heterocycles. The summed E-state index contributed by atoms with van der Waals surface area (Å²) in [4.78, 5) is 0.735. The van der Waals surface area contributed by atoms with Gasteiger partial charge in [0.25, 0.3) is 0 Å². The van der Waals surface area contributed by atoms with Gasteiger partial charge in [-0.1, -0.05) is 18.2 Å². The molecular weight excluding hydrogens is 246 g/mol. The maximum absolute atomic E-state index is 12.4. The van der Waals surface area contributed by atoms with Crippen molar-refractivity contribution < 1.29 is 9.32 Å². The predicted octanol–water partition coefficient (Wildman–Crippen LogP) is 2.92. The average molecular weight is 257 g/mol. The van der Waals surface area contributed by atoms with Crippen molar-refractivity contribution in [3.63, 3.8) is 0 Å². The van der Waals surface area contributed by atoms with E-state index in [0.717, 1.165) is 15.8 Å². The number of rotatable bonds is 2. The van der Waals surface area contributed by atoms with E-state index in [1.807, 2.05) is 42.5 Å². The van der Waals surface area contributed by atoms with Crippen LogP contribution in [0.3, 0.4) is 0 Å². The molecule has 2 aromatic carbocycles. The summed E-state index contributed by atoms with van der Waals surface area (Å²) in [6.07, 6.45) is 1.77. The van der Waals surface area contributed by atoms with Crippen molar-refractivity contribution in [2.24, 2.45) is 0 Å². The molecule has 0 amide bonds. The van der Waals surface area contributed by atoms with E-state index in [1.165, 1.54) is 0 Å². The van der Waals surface area contributed by atoms with Crippen molar-refractivity contribution in [3.05, 3.63) is 60.8 Å². The molecule has 3 nitrogen and oxygen atoms in total. The second kappa shape index (κ2) is 4.31. The van der Waals surface area contributed by atoms with Gasteiger partial charge in [-0.05, 0) is 30.3 Å². The van der Waals surface area contributed by atoms with Crippen LogP contribution in [-0.2, 0) is 11.0 Å². The highest BCUT2D eigenvalue weighted by Crippen LogP contribution is 2.23. The first-order valence-electron chi connectivity index (χ1n) is 5.53. The molecular formula is C14H11NO2S. The average Bonchev–Trinajstić information content (AvgIpc) is 2.82. The fourth-order valence-corrected chi connectivity index (χ4v) is 3.01. The first-order valence-corrected chi connectivity index (χ1v) is 6.64. The molecule has 90 valence electrons. The predicted molar refractivity (Wildman–Crippen MR) is 71.9 cm³/mol. The zero-order valence-electron chi connectivity index (χ0n) is 9.48. The fraction of sp³-hybridized carbons (Fsp3) is 0. The van der Waals surface area contributed by atoms with E-state index in [2.05, 4.69) is 0 Å². The Hall–Kier alpha value is -2.07. The zero-order chi connectivity index (χ0) is 12.5. The van der Waals surface area contributed by atoms with Gasteiger partial charge in [-0.25, -0.2) is 4.21 Å². The molecule has 0 fully saturated rings. The van der Waals surface area contributed by atoms with Crippen LogP contribution in [0, 0.1) is 0 Å². The third kappa shape index (κ3) is 1.80.